The van der Waals surface area contributed by atoms with Gasteiger partial charge in [0.25, 0.3) is 11.8 Å². The van der Waals surface area contributed by atoms with Crippen LogP contribution in [0.4, 0.5) is 10.5 Å². The second-order valence-corrected chi connectivity index (χ2v) is 6.60. The number of nitrogens with one attached hydrogen (secondary N) is 1. The molecular formula is C22H22N2O4. The van der Waals surface area contributed by atoms with Crippen LogP contribution >= 0.6 is 0 Å². The van der Waals surface area contributed by atoms with E-state index in [-0.39, 0.29) is 5.57 Å². The molecule has 1 N–H and O–H groups in total. The SMILES string of the molecule is CCCOc1cccc(/C=C2/C(=O)NC(=O)N(c3cccc(C)c3C)C2=O)c1. The van der Waals surface area contributed by atoms with E-state index >= 15 is 0 Å². The van der Waals surface area contributed by atoms with Crippen LogP contribution in [0.3, 0.4) is 0 Å². The van der Waals surface area contributed by atoms with Crippen LogP contribution in [-0.2, 0) is 9.59 Å². The number of carbonyl (C=O) groups excluding carboxylic acids is 3. The normalized spacial score (nSPS) is 15.8. The van der Waals surface area contributed by atoms with Crippen LogP contribution in [0.25, 0.3) is 6.08 Å². The number of rotatable bonds is 5. The minimum absolute atomic E-state index is 0.104. The first-order valence-electron chi connectivity index (χ1n) is 9.13. The van der Waals surface area contributed by atoms with Crippen molar-refractivity contribution in [3.63, 3.8) is 0 Å². The lowest BCUT2D eigenvalue weighted by atomic mass is 10.0. The Kier molecular flexibility index (Phi) is 5.59. The lowest BCUT2D eigenvalue weighted by Crippen LogP contribution is -2.54. The summed E-state index contributed by atoms with van der Waals surface area (Å²) >= 11 is 0. The number of ether oxygens (including phenoxy) is 1. The number of carbonyl (C=O) groups is 3. The third kappa shape index (κ3) is 3.81. The highest BCUT2D eigenvalue weighted by atomic mass is 16.5. The van der Waals surface area contributed by atoms with Gasteiger partial charge in [0.1, 0.15) is 11.3 Å². The molecule has 1 aliphatic rings. The molecule has 2 aromatic rings. The molecule has 3 rings (SSSR count). The molecule has 0 radical (unpaired) electrons. The van der Waals surface area contributed by atoms with Gasteiger partial charge in [-0.2, -0.15) is 0 Å². The van der Waals surface area contributed by atoms with E-state index in [1.807, 2.05) is 32.9 Å². The number of anilines is 1. The van der Waals surface area contributed by atoms with Gasteiger partial charge in [-0.15, -0.1) is 0 Å². The van der Waals surface area contributed by atoms with E-state index in [0.717, 1.165) is 22.4 Å². The molecule has 0 unspecified atom stereocenters. The molecule has 144 valence electrons. The Bertz CT molecular complexity index is 978. The van der Waals surface area contributed by atoms with Crippen molar-refractivity contribution in [2.45, 2.75) is 27.2 Å². The van der Waals surface area contributed by atoms with Gasteiger partial charge < -0.3 is 4.74 Å². The Balaban J connectivity index is 1.98. The first kappa shape index (κ1) is 19.4. The van der Waals surface area contributed by atoms with E-state index in [1.54, 1.807) is 30.3 Å². The van der Waals surface area contributed by atoms with Gasteiger partial charge in [-0.25, -0.2) is 9.69 Å². The standard InChI is InChI=1S/C22H22N2O4/c1-4-11-28-17-9-6-8-16(12-17)13-18-20(25)23-22(27)24(21(18)26)19-10-5-7-14(2)15(19)3/h5-10,12-13H,4,11H2,1-3H3,(H,23,25,27)/b18-13-. The summed E-state index contributed by atoms with van der Waals surface area (Å²) in [6.07, 6.45) is 2.35. The van der Waals surface area contributed by atoms with E-state index < -0.39 is 17.8 Å². The van der Waals surface area contributed by atoms with Crippen molar-refractivity contribution >= 4 is 29.6 Å². The lowest BCUT2D eigenvalue weighted by Gasteiger charge is -2.28. The molecule has 0 saturated carbocycles. The predicted molar refractivity (Wildman–Crippen MR) is 107 cm³/mol. The Morgan fingerprint density at radius 2 is 1.82 bits per heavy atom. The summed E-state index contributed by atoms with van der Waals surface area (Å²) in [6, 6.07) is 11.7. The molecule has 0 bridgehead atoms. The topological polar surface area (TPSA) is 75.7 Å². The summed E-state index contributed by atoms with van der Waals surface area (Å²) in [5, 5.41) is 2.25. The fraction of sp³-hybridized carbons (Fsp3) is 0.227. The third-order valence-corrected chi connectivity index (χ3v) is 4.56. The number of nitrogens with zero attached hydrogens (tertiary/aromatic N) is 1. The fourth-order valence-electron chi connectivity index (χ4n) is 2.93. The summed E-state index contributed by atoms with van der Waals surface area (Å²) in [5.41, 5.74) is 2.74. The van der Waals surface area contributed by atoms with Crippen molar-refractivity contribution in [1.82, 2.24) is 5.32 Å². The van der Waals surface area contributed by atoms with Gasteiger partial charge in [0.2, 0.25) is 0 Å². The zero-order chi connectivity index (χ0) is 20.3. The summed E-state index contributed by atoms with van der Waals surface area (Å²) in [6.45, 7) is 6.32. The van der Waals surface area contributed by atoms with Crippen molar-refractivity contribution in [3.05, 3.63) is 64.7 Å². The van der Waals surface area contributed by atoms with Gasteiger partial charge >= 0.3 is 6.03 Å². The van der Waals surface area contributed by atoms with Gasteiger partial charge in [-0.05, 0) is 61.2 Å². The number of imide groups is 2. The molecule has 2 aromatic carbocycles. The Morgan fingerprint density at radius 3 is 2.57 bits per heavy atom. The lowest BCUT2D eigenvalue weighted by molar-refractivity contribution is -0.122. The van der Waals surface area contributed by atoms with Gasteiger partial charge in [0.15, 0.2) is 0 Å². The highest BCUT2D eigenvalue weighted by molar-refractivity contribution is 6.39. The maximum Gasteiger partial charge on any atom is 0.335 e. The molecule has 6 heteroatoms. The van der Waals surface area contributed by atoms with Crippen LogP contribution in [0.1, 0.15) is 30.0 Å². The summed E-state index contributed by atoms with van der Waals surface area (Å²) in [7, 11) is 0. The van der Waals surface area contributed by atoms with E-state index in [0.29, 0.717) is 23.6 Å². The third-order valence-electron chi connectivity index (χ3n) is 4.56. The molecule has 1 aliphatic heterocycles. The molecular weight excluding hydrogens is 356 g/mol. The second kappa shape index (κ2) is 8.08. The number of amides is 4. The van der Waals surface area contributed by atoms with E-state index in [4.69, 9.17) is 4.74 Å². The number of hydrogen-bond acceptors (Lipinski definition) is 4. The number of urea groups is 1. The molecule has 0 spiro atoms. The molecule has 6 nitrogen and oxygen atoms in total. The van der Waals surface area contributed by atoms with Gasteiger partial charge in [-0.3, -0.25) is 14.9 Å². The quantitative estimate of drug-likeness (QED) is 0.635. The largest absolute Gasteiger partial charge is 0.494 e. The second-order valence-electron chi connectivity index (χ2n) is 6.60. The molecule has 0 aromatic heterocycles. The zero-order valence-corrected chi connectivity index (χ0v) is 16.1. The number of aryl methyl sites for hydroxylation is 1. The van der Waals surface area contributed by atoms with Crippen LogP contribution in [0.2, 0.25) is 0 Å². The predicted octanol–water partition coefficient (Wildman–Crippen LogP) is 3.76. The molecule has 1 heterocycles. The van der Waals surface area contributed by atoms with Crippen molar-refractivity contribution in [3.8, 4) is 5.75 Å². The maximum atomic E-state index is 13.0. The van der Waals surface area contributed by atoms with Gasteiger partial charge in [0, 0.05) is 0 Å². The van der Waals surface area contributed by atoms with Crippen LogP contribution < -0.4 is 15.0 Å². The van der Waals surface area contributed by atoms with Gasteiger partial charge in [0.05, 0.1) is 12.3 Å². The summed E-state index contributed by atoms with van der Waals surface area (Å²) in [5.74, 6) is -0.707. The summed E-state index contributed by atoms with van der Waals surface area (Å²) in [4.78, 5) is 38.7. The minimum atomic E-state index is -0.749. The van der Waals surface area contributed by atoms with Crippen molar-refractivity contribution in [2.24, 2.45) is 0 Å². The zero-order valence-electron chi connectivity index (χ0n) is 16.1. The maximum absolute atomic E-state index is 13.0. The number of benzene rings is 2. The minimum Gasteiger partial charge on any atom is -0.494 e. The fourth-order valence-corrected chi connectivity index (χ4v) is 2.93. The van der Waals surface area contributed by atoms with Crippen molar-refractivity contribution in [2.75, 3.05) is 11.5 Å². The highest BCUT2D eigenvalue weighted by Crippen LogP contribution is 2.27. The molecule has 1 fully saturated rings. The molecule has 28 heavy (non-hydrogen) atoms. The molecule has 1 saturated heterocycles. The van der Waals surface area contributed by atoms with Crippen LogP contribution in [-0.4, -0.2) is 24.5 Å². The average molecular weight is 378 g/mol. The van der Waals surface area contributed by atoms with Crippen LogP contribution in [0, 0.1) is 13.8 Å². The number of hydrogen-bond donors (Lipinski definition) is 1. The Hall–Kier alpha value is -3.41. The molecule has 0 atom stereocenters. The smallest absolute Gasteiger partial charge is 0.335 e. The van der Waals surface area contributed by atoms with E-state index in [2.05, 4.69) is 5.32 Å². The first-order chi connectivity index (χ1) is 13.4. The van der Waals surface area contributed by atoms with Crippen LogP contribution in [0.5, 0.6) is 5.75 Å². The highest BCUT2D eigenvalue weighted by Gasteiger charge is 2.37. The molecule has 0 aliphatic carbocycles. The average Bonchev–Trinajstić information content (AvgIpc) is 2.67. The van der Waals surface area contributed by atoms with E-state index in [1.165, 1.54) is 6.08 Å². The van der Waals surface area contributed by atoms with Crippen molar-refractivity contribution in [1.29, 1.82) is 0 Å². The molecule has 4 amide bonds. The summed E-state index contributed by atoms with van der Waals surface area (Å²) < 4.78 is 5.60. The monoisotopic (exact) mass is 378 g/mol. The first-order valence-corrected chi connectivity index (χ1v) is 9.13. The van der Waals surface area contributed by atoms with Crippen LogP contribution in [0.15, 0.2) is 48.0 Å². The number of barbiturate groups is 1. The van der Waals surface area contributed by atoms with E-state index in [9.17, 15) is 14.4 Å². The van der Waals surface area contributed by atoms with Crippen molar-refractivity contribution < 1.29 is 19.1 Å². The Labute approximate surface area is 163 Å². The Morgan fingerprint density at radius 1 is 1.07 bits per heavy atom. The van der Waals surface area contributed by atoms with Gasteiger partial charge in [-0.1, -0.05) is 31.2 Å².